The van der Waals surface area contributed by atoms with Gasteiger partial charge in [-0.05, 0) is 51.8 Å². The van der Waals surface area contributed by atoms with Crippen LogP contribution in [0.15, 0.2) is 24.3 Å². The fraction of sp³-hybridized carbons (Fsp3) is 0.611. The van der Waals surface area contributed by atoms with E-state index in [2.05, 4.69) is 0 Å². The van der Waals surface area contributed by atoms with Gasteiger partial charge in [-0.2, -0.15) is 0 Å². The first-order valence-corrected chi connectivity index (χ1v) is 7.96. The molecule has 0 spiro atoms. The van der Waals surface area contributed by atoms with E-state index in [0.29, 0.717) is 19.7 Å². The minimum absolute atomic E-state index is 0.269. The molecule has 0 N–H and O–H groups in total. The second kappa shape index (κ2) is 6.79. The molecule has 1 amide bonds. The van der Waals surface area contributed by atoms with Crippen molar-refractivity contribution in [2.75, 3.05) is 20.2 Å². The molecule has 1 aliphatic heterocycles. The Balaban J connectivity index is 1.87. The highest BCUT2D eigenvalue weighted by Gasteiger charge is 2.38. The fourth-order valence-corrected chi connectivity index (χ4v) is 2.51. The molecule has 1 saturated heterocycles. The maximum absolute atomic E-state index is 12.1. The minimum Gasteiger partial charge on any atom is -0.497 e. The molecule has 1 unspecified atom stereocenters. The zero-order valence-electron chi connectivity index (χ0n) is 14.7. The average Bonchev–Trinajstić information content (AvgIpc) is 2.87. The van der Waals surface area contributed by atoms with Crippen LogP contribution >= 0.6 is 0 Å². The first-order chi connectivity index (χ1) is 10.7. The van der Waals surface area contributed by atoms with E-state index in [4.69, 9.17) is 14.2 Å². The van der Waals surface area contributed by atoms with Crippen molar-refractivity contribution in [2.45, 2.75) is 51.9 Å². The van der Waals surface area contributed by atoms with Crippen molar-refractivity contribution in [3.8, 4) is 5.75 Å². The molecule has 0 bridgehead atoms. The number of nitrogens with zero attached hydrogens (tertiary/aromatic N) is 1. The molecule has 5 nitrogen and oxygen atoms in total. The van der Waals surface area contributed by atoms with Crippen molar-refractivity contribution in [3.63, 3.8) is 0 Å². The molecule has 1 fully saturated rings. The molecular weight excluding hydrogens is 294 g/mol. The molecule has 128 valence electrons. The van der Waals surface area contributed by atoms with Gasteiger partial charge in [0, 0.05) is 6.54 Å². The fourth-order valence-electron chi connectivity index (χ4n) is 2.51. The molecule has 0 radical (unpaired) electrons. The van der Waals surface area contributed by atoms with E-state index in [1.54, 1.807) is 12.0 Å². The summed E-state index contributed by atoms with van der Waals surface area (Å²) in [6.45, 7) is 9.40. The number of benzene rings is 1. The van der Waals surface area contributed by atoms with Crippen LogP contribution in [0.1, 0.15) is 39.7 Å². The van der Waals surface area contributed by atoms with Crippen molar-refractivity contribution < 1.29 is 19.0 Å². The summed E-state index contributed by atoms with van der Waals surface area (Å²) in [5.74, 6) is 0.830. The third kappa shape index (κ3) is 5.13. The summed E-state index contributed by atoms with van der Waals surface area (Å²) in [5.41, 5.74) is 0.277. The topological polar surface area (TPSA) is 48.0 Å². The van der Waals surface area contributed by atoms with Gasteiger partial charge in [0.25, 0.3) is 0 Å². The normalized spacial score (nSPS) is 21.3. The van der Waals surface area contributed by atoms with E-state index in [-0.39, 0.29) is 11.7 Å². The molecule has 1 aromatic carbocycles. The zero-order chi connectivity index (χ0) is 17.1. The lowest BCUT2D eigenvalue weighted by Crippen LogP contribution is -2.39. The second-order valence-corrected chi connectivity index (χ2v) is 7.24. The van der Waals surface area contributed by atoms with Gasteiger partial charge in [-0.3, -0.25) is 0 Å². The monoisotopic (exact) mass is 321 g/mol. The van der Waals surface area contributed by atoms with Crippen molar-refractivity contribution in [1.29, 1.82) is 0 Å². The van der Waals surface area contributed by atoms with Crippen LogP contribution in [-0.4, -0.2) is 42.4 Å². The largest absolute Gasteiger partial charge is 0.497 e. The summed E-state index contributed by atoms with van der Waals surface area (Å²) >= 11 is 0. The lowest BCUT2D eigenvalue weighted by molar-refractivity contribution is -0.0374. The standard InChI is InChI=1S/C18H27NO4/c1-17(2,3)23-16(20)19-11-10-18(4,13-19)22-12-14-6-8-15(21-5)9-7-14/h6-9H,10-13H2,1-5H3. The Bertz CT molecular complexity index is 535. The SMILES string of the molecule is COc1ccc(COC2(C)CCN(C(=O)OC(C)(C)C)C2)cc1. The van der Waals surface area contributed by atoms with Gasteiger partial charge < -0.3 is 19.1 Å². The maximum Gasteiger partial charge on any atom is 0.410 e. The van der Waals surface area contributed by atoms with E-state index in [1.807, 2.05) is 52.0 Å². The predicted octanol–water partition coefficient (Wildman–Crippen LogP) is 3.61. The van der Waals surface area contributed by atoms with Gasteiger partial charge in [0.2, 0.25) is 0 Å². The van der Waals surface area contributed by atoms with Crippen LogP contribution in [0.5, 0.6) is 5.75 Å². The van der Waals surface area contributed by atoms with Crippen LogP contribution in [0.25, 0.3) is 0 Å². The van der Waals surface area contributed by atoms with Gasteiger partial charge in [-0.1, -0.05) is 12.1 Å². The van der Waals surface area contributed by atoms with Gasteiger partial charge in [0.15, 0.2) is 0 Å². The van der Waals surface area contributed by atoms with Crippen molar-refractivity contribution in [1.82, 2.24) is 4.90 Å². The number of amides is 1. The highest BCUT2D eigenvalue weighted by atomic mass is 16.6. The number of likely N-dealkylation sites (tertiary alicyclic amines) is 1. The highest BCUT2D eigenvalue weighted by molar-refractivity contribution is 5.68. The smallest absolute Gasteiger partial charge is 0.410 e. The van der Waals surface area contributed by atoms with Crippen molar-refractivity contribution >= 4 is 6.09 Å². The Morgan fingerprint density at radius 3 is 2.48 bits per heavy atom. The summed E-state index contributed by atoms with van der Waals surface area (Å²) in [4.78, 5) is 13.8. The molecule has 1 heterocycles. The summed E-state index contributed by atoms with van der Waals surface area (Å²) in [6.07, 6.45) is 0.539. The number of carbonyl (C=O) groups is 1. The van der Waals surface area contributed by atoms with Crippen LogP contribution in [0.3, 0.4) is 0 Å². The highest BCUT2D eigenvalue weighted by Crippen LogP contribution is 2.27. The Labute approximate surface area is 138 Å². The molecule has 1 aliphatic rings. The van der Waals surface area contributed by atoms with Crippen LogP contribution in [0.2, 0.25) is 0 Å². The minimum atomic E-state index is -0.472. The molecule has 0 aliphatic carbocycles. The van der Waals surface area contributed by atoms with Gasteiger partial charge >= 0.3 is 6.09 Å². The summed E-state index contributed by atoms with van der Waals surface area (Å²) < 4.78 is 16.6. The zero-order valence-corrected chi connectivity index (χ0v) is 14.7. The van der Waals surface area contributed by atoms with Gasteiger partial charge in [-0.15, -0.1) is 0 Å². The average molecular weight is 321 g/mol. The quantitative estimate of drug-likeness (QED) is 0.850. The number of carbonyl (C=O) groups excluding carboxylic acids is 1. The Kier molecular flexibility index (Phi) is 5.19. The van der Waals surface area contributed by atoms with Crippen molar-refractivity contribution in [3.05, 3.63) is 29.8 Å². The lowest BCUT2D eigenvalue weighted by Gasteiger charge is -2.27. The Morgan fingerprint density at radius 1 is 1.26 bits per heavy atom. The van der Waals surface area contributed by atoms with Crippen LogP contribution in [0.4, 0.5) is 4.79 Å². The predicted molar refractivity (Wildman–Crippen MR) is 88.6 cm³/mol. The Hall–Kier alpha value is -1.75. The number of hydrogen-bond donors (Lipinski definition) is 0. The molecule has 5 heteroatoms. The van der Waals surface area contributed by atoms with Gasteiger partial charge in [-0.25, -0.2) is 4.79 Å². The first kappa shape index (κ1) is 17.6. The van der Waals surface area contributed by atoms with E-state index < -0.39 is 5.60 Å². The summed E-state index contributed by atoms with van der Waals surface area (Å²) in [7, 11) is 1.65. The van der Waals surface area contributed by atoms with Crippen LogP contribution < -0.4 is 4.74 Å². The second-order valence-electron chi connectivity index (χ2n) is 7.24. The number of rotatable bonds is 4. The van der Waals surface area contributed by atoms with E-state index in [0.717, 1.165) is 17.7 Å². The molecule has 1 atom stereocenters. The summed E-state index contributed by atoms with van der Waals surface area (Å²) in [6, 6.07) is 7.82. The van der Waals surface area contributed by atoms with Crippen LogP contribution in [-0.2, 0) is 16.1 Å². The number of hydrogen-bond acceptors (Lipinski definition) is 4. The number of methoxy groups -OCH3 is 1. The Morgan fingerprint density at radius 2 is 1.91 bits per heavy atom. The maximum atomic E-state index is 12.1. The lowest BCUT2D eigenvalue weighted by atomic mass is 10.1. The molecule has 0 aromatic heterocycles. The molecule has 1 aromatic rings. The van der Waals surface area contributed by atoms with Crippen LogP contribution in [0, 0.1) is 0 Å². The molecule has 0 saturated carbocycles. The van der Waals surface area contributed by atoms with Gasteiger partial charge in [0.05, 0.1) is 25.9 Å². The van der Waals surface area contributed by atoms with E-state index >= 15 is 0 Å². The molecule has 2 rings (SSSR count). The van der Waals surface area contributed by atoms with Crippen molar-refractivity contribution in [2.24, 2.45) is 0 Å². The summed E-state index contributed by atoms with van der Waals surface area (Å²) in [5, 5.41) is 0. The van der Waals surface area contributed by atoms with Gasteiger partial charge in [0.1, 0.15) is 11.4 Å². The number of ether oxygens (including phenoxy) is 3. The van der Waals surface area contributed by atoms with E-state index in [9.17, 15) is 4.79 Å². The first-order valence-electron chi connectivity index (χ1n) is 7.96. The van der Waals surface area contributed by atoms with E-state index in [1.165, 1.54) is 0 Å². The molecule has 23 heavy (non-hydrogen) atoms. The molecular formula is C18H27NO4. The third-order valence-electron chi connectivity index (χ3n) is 3.83. The third-order valence-corrected chi connectivity index (χ3v) is 3.83.